The van der Waals surface area contributed by atoms with E-state index in [1.807, 2.05) is 0 Å². The van der Waals surface area contributed by atoms with E-state index in [9.17, 15) is 18.0 Å². The van der Waals surface area contributed by atoms with Crippen LogP contribution >= 0.6 is 24.0 Å². The maximum absolute atomic E-state index is 12.5. The number of hydrogen-bond acceptors (Lipinski definition) is 4. The monoisotopic (exact) mass is 540 g/mol. The molecule has 0 radical (unpaired) electrons. The van der Waals surface area contributed by atoms with Crippen LogP contribution < -0.4 is 20.7 Å². The number of aliphatic imine (C=N–C) groups is 1. The van der Waals surface area contributed by atoms with Crippen molar-refractivity contribution in [1.82, 2.24) is 16.0 Å². The van der Waals surface area contributed by atoms with Crippen LogP contribution in [-0.4, -0.2) is 38.2 Å². The summed E-state index contributed by atoms with van der Waals surface area (Å²) < 4.78 is 47.4. The van der Waals surface area contributed by atoms with Gasteiger partial charge in [0.1, 0.15) is 11.5 Å². The minimum absolute atomic E-state index is 0. The lowest BCUT2D eigenvalue weighted by Crippen LogP contribution is -2.42. The molecule has 166 valence electrons. The van der Waals surface area contributed by atoms with Gasteiger partial charge in [-0.15, -0.1) is 24.0 Å². The molecule has 1 aromatic heterocycles. The molecule has 7 nitrogen and oxygen atoms in total. The Labute approximate surface area is 189 Å². The molecular weight excluding hydrogens is 516 g/mol. The summed E-state index contributed by atoms with van der Waals surface area (Å²) in [6.45, 7) is 0.793. The Hall–Kier alpha value is -2.44. The number of benzene rings is 1. The third-order valence-corrected chi connectivity index (χ3v) is 3.74. The van der Waals surface area contributed by atoms with Crippen molar-refractivity contribution >= 4 is 35.8 Å². The van der Waals surface area contributed by atoms with Crippen molar-refractivity contribution in [3.8, 4) is 5.75 Å². The molecule has 2 aromatic rings. The average Bonchev–Trinajstić information content (AvgIpc) is 3.19. The molecule has 1 heterocycles. The minimum Gasteiger partial charge on any atom is -0.484 e. The number of hydrogen-bond donors (Lipinski definition) is 3. The fourth-order valence-corrected chi connectivity index (χ4v) is 2.33. The minimum atomic E-state index is -4.42. The number of rotatable bonds is 8. The van der Waals surface area contributed by atoms with Crippen molar-refractivity contribution in [3.63, 3.8) is 0 Å². The molecule has 0 unspecified atom stereocenters. The maximum atomic E-state index is 12.5. The van der Waals surface area contributed by atoms with Crippen LogP contribution in [-0.2, 0) is 17.9 Å². The van der Waals surface area contributed by atoms with Gasteiger partial charge in [0, 0.05) is 19.2 Å². The standard InChI is InChI=1S/C19H23F3N4O3.HI/c1-13-5-6-14(16(8-13)29-12-19(20,21)22)9-25-18(23-2)26-11-17(27)24-10-15-4-3-7-28-15;/h3-8H,9-12H2,1-2H3,(H,24,27)(H2,23,25,26);1H. The molecule has 30 heavy (non-hydrogen) atoms. The number of nitrogens with one attached hydrogen (secondary N) is 3. The highest BCUT2D eigenvalue weighted by atomic mass is 127. The summed E-state index contributed by atoms with van der Waals surface area (Å²) in [5.41, 5.74) is 1.31. The highest BCUT2D eigenvalue weighted by molar-refractivity contribution is 14.0. The van der Waals surface area contributed by atoms with E-state index in [-0.39, 0.29) is 55.3 Å². The molecule has 1 aromatic carbocycles. The van der Waals surface area contributed by atoms with Crippen LogP contribution in [0, 0.1) is 6.92 Å². The van der Waals surface area contributed by atoms with Crippen molar-refractivity contribution in [2.24, 2.45) is 4.99 Å². The lowest BCUT2D eigenvalue weighted by Gasteiger charge is -2.16. The van der Waals surface area contributed by atoms with Gasteiger partial charge in [-0.05, 0) is 30.7 Å². The summed E-state index contributed by atoms with van der Waals surface area (Å²) in [4.78, 5) is 15.9. The second-order valence-corrected chi connectivity index (χ2v) is 6.15. The van der Waals surface area contributed by atoms with Gasteiger partial charge in [-0.1, -0.05) is 12.1 Å². The number of aryl methyl sites for hydroxylation is 1. The zero-order chi connectivity index (χ0) is 21.3. The van der Waals surface area contributed by atoms with Gasteiger partial charge in [0.2, 0.25) is 5.91 Å². The number of carbonyl (C=O) groups is 1. The van der Waals surface area contributed by atoms with E-state index in [1.165, 1.54) is 13.3 Å². The number of ether oxygens (including phenoxy) is 1. The molecule has 0 spiro atoms. The highest BCUT2D eigenvalue weighted by Crippen LogP contribution is 2.23. The van der Waals surface area contributed by atoms with E-state index in [1.54, 1.807) is 37.3 Å². The number of alkyl halides is 3. The summed E-state index contributed by atoms with van der Waals surface area (Å²) >= 11 is 0. The smallest absolute Gasteiger partial charge is 0.422 e. The van der Waals surface area contributed by atoms with Gasteiger partial charge in [0.05, 0.1) is 19.4 Å². The molecule has 0 aliphatic carbocycles. The van der Waals surface area contributed by atoms with Gasteiger partial charge < -0.3 is 25.1 Å². The van der Waals surface area contributed by atoms with E-state index < -0.39 is 12.8 Å². The largest absolute Gasteiger partial charge is 0.484 e. The zero-order valence-corrected chi connectivity index (χ0v) is 18.8. The Bertz CT molecular complexity index is 827. The predicted octanol–water partition coefficient (Wildman–Crippen LogP) is 3.13. The third-order valence-electron chi connectivity index (χ3n) is 3.74. The van der Waals surface area contributed by atoms with Crippen LogP contribution in [0.15, 0.2) is 46.0 Å². The Morgan fingerprint density at radius 2 is 1.93 bits per heavy atom. The van der Waals surface area contributed by atoms with Crippen molar-refractivity contribution < 1.29 is 27.1 Å². The molecule has 0 atom stereocenters. The van der Waals surface area contributed by atoms with Gasteiger partial charge >= 0.3 is 6.18 Å². The van der Waals surface area contributed by atoms with Gasteiger partial charge in [-0.25, -0.2) is 0 Å². The first-order valence-corrected chi connectivity index (χ1v) is 8.79. The highest BCUT2D eigenvalue weighted by Gasteiger charge is 2.28. The van der Waals surface area contributed by atoms with E-state index in [0.29, 0.717) is 17.3 Å². The first-order chi connectivity index (χ1) is 13.8. The van der Waals surface area contributed by atoms with E-state index >= 15 is 0 Å². The number of nitrogens with zero attached hydrogens (tertiary/aromatic N) is 1. The number of halogens is 4. The van der Waals surface area contributed by atoms with Gasteiger partial charge in [-0.3, -0.25) is 9.79 Å². The molecule has 1 amide bonds. The Kier molecular flexibility index (Phi) is 10.5. The van der Waals surface area contributed by atoms with Gasteiger partial charge in [0.25, 0.3) is 0 Å². The molecule has 0 fully saturated rings. The van der Waals surface area contributed by atoms with Crippen LogP contribution in [0.1, 0.15) is 16.9 Å². The van der Waals surface area contributed by atoms with Crippen LogP contribution in [0.4, 0.5) is 13.2 Å². The molecule has 3 N–H and O–H groups in total. The van der Waals surface area contributed by atoms with Crippen molar-refractivity contribution in [3.05, 3.63) is 53.5 Å². The number of amides is 1. The molecule has 0 saturated heterocycles. The van der Waals surface area contributed by atoms with Crippen molar-refractivity contribution in [2.75, 3.05) is 20.2 Å². The second kappa shape index (κ2) is 12.3. The van der Waals surface area contributed by atoms with E-state index in [4.69, 9.17) is 9.15 Å². The average molecular weight is 540 g/mol. The van der Waals surface area contributed by atoms with Crippen LogP contribution in [0.2, 0.25) is 0 Å². The predicted molar refractivity (Wildman–Crippen MR) is 117 cm³/mol. The molecule has 2 rings (SSSR count). The fraction of sp³-hybridized carbons (Fsp3) is 0.368. The Morgan fingerprint density at radius 3 is 2.57 bits per heavy atom. The van der Waals surface area contributed by atoms with Crippen molar-refractivity contribution in [1.29, 1.82) is 0 Å². The first-order valence-electron chi connectivity index (χ1n) is 8.79. The second-order valence-electron chi connectivity index (χ2n) is 6.15. The molecule has 11 heteroatoms. The van der Waals surface area contributed by atoms with Crippen LogP contribution in [0.5, 0.6) is 5.75 Å². The van der Waals surface area contributed by atoms with Gasteiger partial charge in [-0.2, -0.15) is 13.2 Å². The fourth-order valence-electron chi connectivity index (χ4n) is 2.33. The molecular formula is C19H24F3IN4O3. The Balaban J connectivity index is 0.00000450. The summed E-state index contributed by atoms with van der Waals surface area (Å²) in [6.07, 6.45) is -2.90. The summed E-state index contributed by atoms with van der Waals surface area (Å²) in [5, 5.41) is 8.46. The topological polar surface area (TPSA) is 87.9 Å². The molecule has 0 bridgehead atoms. The Morgan fingerprint density at radius 1 is 1.17 bits per heavy atom. The van der Waals surface area contributed by atoms with Crippen molar-refractivity contribution in [2.45, 2.75) is 26.2 Å². The molecule has 0 saturated carbocycles. The third kappa shape index (κ3) is 9.37. The number of guanidine groups is 1. The molecule has 0 aliphatic heterocycles. The lowest BCUT2D eigenvalue weighted by atomic mass is 10.1. The van der Waals surface area contributed by atoms with E-state index in [0.717, 1.165) is 5.56 Å². The zero-order valence-electron chi connectivity index (χ0n) is 16.5. The SMILES string of the molecule is CN=C(NCC(=O)NCc1ccco1)NCc1ccc(C)cc1OCC(F)(F)F.I. The van der Waals surface area contributed by atoms with E-state index in [2.05, 4.69) is 20.9 Å². The van der Waals surface area contributed by atoms with Crippen LogP contribution in [0.3, 0.4) is 0 Å². The number of furan rings is 1. The number of carbonyl (C=O) groups excluding carboxylic acids is 1. The summed E-state index contributed by atoms with van der Waals surface area (Å²) in [5.74, 6) is 0.822. The summed E-state index contributed by atoms with van der Waals surface area (Å²) in [7, 11) is 1.52. The maximum Gasteiger partial charge on any atom is 0.422 e. The normalized spacial score (nSPS) is 11.4. The lowest BCUT2D eigenvalue weighted by molar-refractivity contribution is -0.153. The quantitative estimate of drug-likeness (QED) is 0.272. The van der Waals surface area contributed by atoms with Gasteiger partial charge in [0.15, 0.2) is 12.6 Å². The summed E-state index contributed by atoms with van der Waals surface area (Å²) in [6, 6.07) is 8.46. The molecule has 0 aliphatic rings. The van der Waals surface area contributed by atoms with Crippen LogP contribution in [0.25, 0.3) is 0 Å². The first kappa shape index (κ1) is 25.6.